The molecule has 2 N–H and O–H groups in total. The van der Waals surface area contributed by atoms with Gasteiger partial charge in [0.1, 0.15) is 0 Å². The van der Waals surface area contributed by atoms with Gasteiger partial charge in [0.05, 0.1) is 11.3 Å². The summed E-state index contributed by atoms with van der Waals surface area (Å²) in [7, 11) is 0. The van der Waals surface area contributed by atoms with Crippen LogP contribution in [0.15, 0.2) is 0 Å². The fraction of sp³-hybridized carbons (Fsp3) is 0.769. The fourth-order valence-electron chi connectivity index (χ4n) is 2.41. The number of imide groups is 1. The van der Waals surface area contributed by atoms with E-state index in [2.05, 4.69) is 0 Å². The molecule has 2 rings (SSSR count). The minimum Gasteiger partial charge on any atom is -0.321 e. The molecule has 2 atom stereocenters. The molecule has 19 heavy (non-hydrogen) atoms. The van der Waals surface area contributed by atoms with Crippen molar-refractivity contribution >= 4 is 29.4 Å². The van der Waals surface area contributed by atoms with Crippen LogP contribution in [-0.4, -0.2) is 46.1 Å². The highest BCUT2D eigenvalue weighted by atomic mass is 32.2. The van der Waals surface area contributed by atoms with Gasteiger partial charge in [-0.25, -0.2) is 0 Å². The van der Waals surface area contributed by atoms with Crippen molar-refractivity contribution in [2.75, 3.05) is 12.3 Å². The van der Waals surface area contributed by atoms with Crippen LogP contribution in [-0.2, 0) is 14.4 Å². The molecule has 2 aliphatic rings. The van der Waals surface area contributed by atoms with Crippen molar-refractivity contribution in [2.45, 2.75) is 43.9 Å². The van der Waals surface area contributed by atoms with Crippen LogP contribution < -0.4 is 5.73 Å². The van der Waals surface area contributed by atoms with E-state index < -0.39 is 6.04 Å². The zero-order valence-corrected chi connectivity index (χ0v) is 11.9. The Bertz CT molecular complexity index is 395. The number of nitrogens with zero attached hydrogens (tertiary/aromatic N) is 1. The van der Waals surface area contributed by atoms with E-state index in [9.17, 15) is 14.4 Å². The van der Waals surface area contributed by atoms with Crippen LogP contribution in [0.4, 0.5) is 0 Å². The summed E-state index contributed by atoms with van der Waals surface area (Å²) >= 11 is 1.35. The zero-order valence-electron chi connectivity index (χ0n) is 11.1. The lowest BCUT2D eigenvalue weighted by Gasteiger charge is -2.26. The molecule has 0 bridgehead atoms. The highest BCUT2D eigenvalue weighted by Crippen LogP contribution is 2.30. The molecule has 1 aliphatic heterocycles. The van der Waals surface area contributed by atoms with Crippen molar-refractivity contribution in [3.8, 4) is 0 Å². The Labute approximate surface area is 117 Å². The number of rotatable bonds is 6. The minimum atomic E-state index is -0.506. The second-order valence-corrected chi connectivity index (χ2v) is 6.37. The standard InChI is InChI=1S/C13H20N2O3S/c1-2-15-11(16)6-10(13(15)18)19-7-9(14)12(17)8-4-3-5-8/h8-10H,2-7,14H2,1H3. The summed E-state index contributed by atoms with van der Waals surface area (Å²) in [5, 5.41) is -0.354. The van der Waals surface area contributed by atoms with Gasteiger partial charge in [-0.3, -0.25) is 19.3 Å². The molecule has 1 aliphatic carbocycles. The average Bonchev–Trinajstić information content (AvgIpc) is 2.58. The topological polar surface area (TPSA) is 80.5 Å². The summed E-state index contributed by atoms with van der Waals surface area (Å²) in [6.07, 6.45) is 3.24. The Kier molecular flexibility index (Phi) is 4.62. The van der Waals surface area contributed by atoms with Crippen LogP contribution in [0.2, 0.25) is 0 Å². The lowest BCUT2D eigenvalue weighted by molar-refractivity contribution is -0.138. The summed E-state index contributed by atoms with van der Waals surface area (Å²) in [4.78, 5) is 36.6. The largest absolute Gasteiger partial charge is 0.321 e. The maximum Gasteiger partial charge on any atom is 0.242 e. The molecule has 0 spiro atoms. The summed E-state index contributed by atoms with van der Waals surface area (Å²) in [5.74, 6) is 0.410. The molecule has 1 heterocycles. The molecule has 0 aromatic carbocycles. The Hall–Kier alpha value is -0.880. The van der Waals surface area contributed by atoms with Gasteiger partial charge in [-0.2, -0.15) is 0 Å². The van der Waals surface area contributed by atoms with Gasteiger partial charge >= 0.3 is 0 Å². The molecular weight excluding hydrogens is 264 g/mol. The molecule has 1 saturated carbocycles. The number of hydrogen-bond donors (Lipinski definition) is 1. The maximum absolute atomic E-state index is 11.9. The maximum atomic E-state index is 11.9. The van der Waals surface area contributed by atoms with E-state index in [-0.39, 0.29) is 35.2 Å². The highest BCUT2D eigenvalue weighted by molar-refractivity contribution is 8.00. The molecule has 5 nitrogen and oxygen atoms in total. The molecule has 0 radical (unpaired) electrons. The predicted octanol–water partition coefficient (Wildman–Crippen LogP) is 0.563. The number of Topliss-reactive ketones (excluding diaryl/α,β-unsaturated/α-hetero) is 1. The number of likely N-dealkylation sites (tertiary alicyclic amines) is 1. The third kappa shape index (κ3) is 3.00. The molecule has 2 unspecified atom stereocenters. The molecule has 2 amide bonds. The number of amides is 2. The average molecular weight is 284 g/mol. The van der Waals surface area contributed by atoms with E-state index in [4.69, 9.17) is 5.73 Å². The Morgan fingerprint density at radius 3 is 2.63 bits per heavy atom. The van der Waals surface area contributed by atoms with Gasteiger partial charge in [0.25, 0.3) is 0 Å². The molecule has 0 aromatic heterocycles. The van der Waals surface area contributed by atoms with Gasteiger partial charge in [-0.15, -0.1) is 11.8 Å². The number of hydrogen-bond acceptors (Lipinski definition) is 5. The summed E-state index contributed by atoms with van der Waals surface area (Å²) in [6.45, 7) is 2.20. The van der Waals surface area contributed by atoms with Crippen molar-refractivity contribution < 1.29 is 14.4 Å². The van der Waals surface area contributed by atoms with Crippen molar-refractivity contribution in [2.24, 2.45) is 11.7 Å². The number of carbonyl (C=O) groups excluding carboxylic acids is 3. The van der Waals surface area contributed by atoms with Crippen LogP contribution in [0.25, 0.3) is 0 Å². The molecule has 0 aromatic rings. The van der Waals surface area contributed by atoms with Crippen molar-refractivity contribution in [3.63, 3.8) is 0 Å². The van der Waals surface area contributed by atoms with Crippen LogP contribution in [0.3, 0.4) is 0 Å². The third-order valence-electron chi connectivity index (χ3n) is 3.87. The summed E-state index contributed by atoms with van der Waals surface area (Å²) in [6, 6.07) is -0.506. The molecule has 106 valence electrons. The predicted molar refractivity (Wildman–Crippen MR) is 73.6 cm³/mol. The first-order valence-corrected chi connectivity index (χ1v) is 7.84. The van der Waals surface area contributed by atoms with Crippen molar-refractivity contribution in [3.05, 3.63) is 0 Å². The zero-order chi connectivity index (χ0) is 14.0. The fourth-order valence-corrected chi connectivity index (χ4v) is 3.55. The van der Waals surface area contributed by atoms with Gasteiger partial charge in [-0.05, 0) is 19.8 Å². The quantitative estimate of drug-likeness (QED) is 0.721. The van der Waals surface area contributed by atoms with E-state index in [1.165, 1.54) is 16.7 Å². The minimum absolute atomic E-state index is 0.114. The van der Waals surface area contributed by atoms with Gasteiger partial charge < -0.3 is 5.73 Å². The summed E-state index contributed by atoms with van der Waals surface area (Å²) in [5.41, 5.74) is 5.87. The van der Waals surface area contributed by atoms with E-state index in [0.717, 1.165) is 19.3 Å². The molecule has 6 heteroatoms. The van der Waals surface area contributed by atoms with Crippen LogP contribution in [0, 0.1) is 5.92 Å². The number of nitrogens with two attached hydrogens (primary N) is 1. The Balaban J connectivity index is 1.80. The SMILES string of the molecule is CCN1C(=O)CC(SCC(N)C(=O)C2CCC2)C1=O. The van der Waals surface area contributed by atoms with E-state index in [1.54, 1.807) is 6.92 Å². The Morgan fingerprint density at radius 1 is 1.47 bits per heavy atom. The van der Waals surface area contributed by atoms with Gasteiger partial charge in [0.2, 0.25) is 11.8 Å². The van der Waals surface area contributed by atoms with Crippen molar-refractivity contribution in [1.82, 2.24) is 4.90 Å². The lowest BCUT2D eigenvalue weighted by atomic mass is 9.80. The van der Waals surface area contributed by atoms with Gasteiger partial charge in [-0.1, -0.05) is 6.42 Å². The summed E-state index contributed by atoms with van der Waals surface area (Å²) < 4.78 is 0. The lowest BCUT2D eigenvalue weighted by Crippen LogP contribution is -2.40. The van der Waals surface area contributed by atoms with E-state index in [0.29, 0.717) is 12.3 Å². The molecule has 2 fully saturated rings. The number of carbonyl (C=O) groups is 3. The van der Waals surface area contributed by atoms with Crippen LogP contribution in [0.1, 0.15) is 32.6 Å². The molecular formula is C13H20N2O3S. The first-order chi connectivity index (χ1) is 9.04. The van der Waals surface area contributed by atoms with Gasteiger partial charge in [0.15, 0.2) is 5.78 Å². The smallest absolute Gasteiger partial charge is 0.242 e. The van der Waals surface area contributed by atoms with Crippen molar-refractivity contribution in [1.29, 1.82) is 0 Å². The van der Waals surface area contributed by atoms with Crippen LogP contribution >= 0.6 is 11.8 Å². The van der Waals surface area contributed by atoms with Crippen LogP contribution in [0.5, 0.6) is 0 Å². The highest BCUT2D eigenvalue weighted by Gasteiger charge is 2.38. The Morgan fingerprint density at radius 2 is 2.16 bits per heavy atom. The number of thioether (sulfide) groups is 1. The first kappa shape index (κ1) is 14.5. The second kappa shape index (κ2) is 6.05. The monoisotopic (exact) mass is 284 g/mol. The molecule has 1 saturated heterocycles. The first-order valence-electron chi connectivity index (χ1n) is 6.79. The van der Waals surface area contributed by atoms with Gasteiger partial charge in [0, 0.05) is 24.6 Å². The van der Waals surface area contributed by atoms with E-state index >= 15 is 0 Å². The second-order valence-electron chi connectivity index (χ2n) is 5.14. The normalized spacial score (nSPS) is 25.6. The third-order valence-corrected chi connectivity index (χ3v) is 5.19. The van der Waals surface area contributed by atoms with E-state index in [1.807, 2.05) is 0 Å². The number of ketones is 1.